The minimum absolute atomic E-state index is 0.282. The van der Waals surface area contributed by atoms with Crippen LogP contribution >= 0.6 is 11.6 Å². The van der Waals surface area contributed by atoms with Crippen LogP contribution in [0.1, 0.15) is 19.4 Å². The molecule has 3 N–H and O–H groups in total. The number of benzene rings is 1. The molecule has 1 aromatic carbocycles. The number of fused-ring (bicyclic) bond motifs is 1. The number of nitrogens with one attached hydrogen (secondary N) is 1. The predicted molar refractivity (Wildman–Crippen MR) is 80.6 cm³/mol. The summed E-state index contributed by atoms with van der Waals surface area (Å²) in [5.41, 5.74) is 7.12. The van der Waals surface area contributed by atoms with Crippen molar-refractivity contribution >= 4 is 28.4 Å². The molecule has 20 heavy (non-hydrogen) atoms. The molecule has 2 rings (SSSR count). The fourth-order valence-electron chi connectivity index (χ4n) is 2.20. The number of hydrogen-bond donors (Lipinski definition) is 2. The van der Waals surface area contributed by atoms with Crippen molar-refractivity contribution in [3.05, 3.63) is 41.0 Å². The topological polar surface area (TPSA) is 60.4 Å². The van der Waals surface area contributed by atoms with E-state index in [1.807, 2.05) is 30.3 Å². The molecule has 0 aliphatic heterocycles. The third-order valence-corrected chi connectivity index (χ3v) is 3.71. The quantitative estimate of drug-likeness (QED) is 0.813. The van der Waals surface area contributed by atoms with Gasteiger partial charge in [-0.05, 0) is 26.0 Å². The summed E-state index contributed by atoms with van der Waals surface area (Å²) in [7, 11) is 0. The Hall–Kier alpha value is -1.65. The summed E-state index contributed by atoms with van der Waals surface area (Å²) in [6.45, 7) is 5.04. The number of pyridine rings is 1. The minimum atomic E-state index is -0.307. The molecule has 0 radical (unpaired) electrons. The van der Waals surface area contributed by atoms with Gasteiger partial charge in [-0.25, -0.2) is 4.98 Å². The van der Waals surface area contributed by atoms with Gasteiger partial charge in [0.05, 0.1) is 11.6 Å². The highest BCUT2D eigenvalue weighted by molar-refractivity contribution is 6.30. The van der Waals surface area contributed by atoms with Gasteiger partial charge in [-0.3, -0.25) is 4.79 Å². The number of aromatic nitrogens is 1. The first-order chi connectivity index (χ1) is 9.47. The molecule has 0 spiro atoms. The standard InChI is InChI=1S/C15H18ClN3O/c1-10(2)19(9-14(17)20)8-12-7-11-5-3-4-6-13(11)18-15(12)16/h3-7,10H,8-9H2,1-2H3,(H2,17,20)/p+1. The van der Waals surface area contributed by atoms with Crippen molar-refractivity contribution in [2.75, 3.05) is 6.54 Å². The van der Waals surface area contributed by atoms with Crippen LogP contribution in [-0.2, 0) is 11.3 Å². The minimum Gasteiger partial charge on any atom is -0.365 e. The number of rotatable bonds is 5. The molecule has 1 heterocycles. The zero-order valence-electron chi connectivity index (χ0n) is 11.7. The Morgan fingerprint density at radius 3 is 2.75 bits per heavy atom. The number of hydrogen-bond acceptors (Lipinski definition) is 2. The lowest BCUT2D eigenvalue weighted by molar-refractivity contribution is -0.927. The van der Waals surface area contributed by atoms with Crippen molar-refractivity contribution in [1.82, 2.24) is 4.98 Å². The van der Waals surface area contributed by atoms with Gasteiger partial charge < -0.3 is 10.6 Å². The second kappa shape index (κ2) is 6.20. The van der Waals surface area contributed by atoms with E-state index >= 15 is 0 Å². The smallest absolute Gasteiger partial charge is 0.272 e. The summed E-state index contributed by atoms with van der Waals surface area (Å²) in [5.74, 6) is -0.307. The molecule has 106 valence electrons. The van der Waals surface area contributed by atoms with Crippen molar-refractivity contribution in [3.63, 3.8) is 0 Å². The number of halogens is 1. The third kappa shape index (κ3) is 3.46. The fraction of sp³-hybridized carbons (Fsp3) is 0.333. The first kappa shape index (κ1) is 14.8. The molecule has 2 aromatic rings. The summed E-state index contributed by atoms with van der Waals surface area (Å²) >= 11 is 6.25. The number of nitrogens with zero attached hydrogens (tertiary/aromatic N) is 1. The second-order valence-electron chi connectivity index (χ2n) is 5.26. The number of para-hydroxylation sites is 1. The maximum atomic E-state index is 11.2. The molecule has 0 aliphatic carbocycles. The zero-order valence-corrected chi connectivity index (χ0v) is 12.4. The zero-order chi connectivity index (χ0) is 14.7. The molecular weight excluding hydrogens is 274 g/mol. The number of quaternary nitrogens is 1. The maximum Gasteiger partial charge on any atom is 0.272 e. The van der Waals surface area contributed by atoms with Gasteiger partial charge in [-0.15, -0.1) is 0 Å². The number of carbonyl (C=O) groups excluding carboxylic acids is 1. The number of nitrogens with two attached hydrogens (primary N) is 1. The van der Waals surface area contributed by atoms with E-state index in [4.69, 9.17) is 17.3 Å². The van der Waals surface area contributed by atoms with Gasteiger partial charge in [-0.1, -0.05) is 29.8 Å². The highest BCUT2D eigenvalue weighted by atomic mass is 35.5. The van der Waals surface area contributed by atoms with Gasteiger partial charge in [0.2, 0.25) is 0 Å². The first-order valence-corrected chi connectivity index (χ1v) is 7.02. The van der Waals surface area contributed by atoms with Crippen LogP contribution in [0.3, 0.4) is 0 Å². The summed E-state index contributed by atoms with van der Waals surface area (Å²) in [4.78, 5) is 16.6. The Kier molecular flexibility index (Phi) is 4.57. The lowest BCUT2D eigenvalue weighted by Crippen LogP contribution is -3.14. The highest BCUT2D eigenvalue weighted by Gasteiger charge is 2.18. The molecule has 0 saturated carbocycles. The molecule has 1 unspecified atom stereocenters. The van der Waals surface area contributed by atoms with E-state index in [0.717, 1.165) is 21.4 Å². The number of amides is 1. The summed E-state index contributed by atoms with van der Waals surface area (Å²) in [6, 6.07) is 10.2. The van der Waals surface area contributed by atoms with Crippen LogP contribution in [0.25, 0.3) is 10.9 Å². The van der Waals surface area contributed by atoms with Gasteiger partial charge in [0.25, 0.3) is 5.91 Å². The predicted octanol–water partition coefficient (Wildman–Crippen LogP) is 1.17. The van der Waals surface area contributed by atoms with Crippen molar-refractivity contribution in [3.8, 4) is 0 Å². The summed E-state index contributed by atoms with van der Waals surface area (Å²) in [6.07, 6.45) is 0. The SMILES string of the molecule is CC(C)[NH+](CC(N)=O)Cc1cc2ccccc2nc1Cl. The Morgan fingerprint density at radius 1 is 1.40 bits per heavy atom. The molecular formula is C15H19ClN3O+. The summed E-state index contributed by atoms with van der Waals surface area (Å²) in [5, 5.41) is 1.54. The normalized spacial score (nSPS) is 12.8. The highest BCUT2D eigenvalue weighted by Crippen LogP contribution is 2.19. The van der Waals surface area contributed by atoms with Crippen LogP contribution in [0.15, 0.2) is 30.3 Å². The van der Waals surface area contributed by atoms with E-state index < -0.39 is 0 Å². The Bertz CT molecular complexity index is 628. The molecule has 4 nitrogen and oxygen atoms in total. The van der Waals surface area contributed by atoms with Crippen molar-refractivity contribution in [1.29, 1.82) is 0 Å². The average molecular weight is 293 g/mol. The number of primary amides is 1. The summed E-state index contributed by atoms with van der Waals surface area (Å²) < 4.78 is 0. The maximum absolute atomic E-state index is 11.2. The van der Waals surface area contributed by atoms with E-state index in [1.165, 1.54) is 0 Å². The lowest BCUT2D eigenvalue weighted by Gasteiger charge is -2.22. The van der Waals surface area contributed by atoms with Gasteiger partial charge in [0.1, 0.15) is 11.7 Å². The van der Waals surface area contributed by atoms with Gasteiger partial charge in [0, 0.05) is 10.9 Å². The second-order valence-corrected chi connectivity index (χ2v) is 5.62. The van der Waals surface area contributed by atoms with Crippen LogP contribution in [0.4, 0.5) is 0 Å². The lowest BCUT2D eigenvalue weighted by atomic mass is 10.1. The Morgan fingerprint density at radius 2 is 2.10 bits per heavy atom. The molecule has 0 fully saturated rings. The molecule has 0 aliphatic rings. The van der Waals surface area contributed by atoms with Crippen LogP contribution in [-0.4, -0.2) is 23.5 Å². The van der Waals surface area contributed by atoms with E-state index in [-0.39, 0.29) is 11.9 Å². The molecule has 0 saturated heterocycles. The van der Waals surface area contributed by atoms with Crippen molar-refractivity contribution in [2.24, 2.45) is 5.73 Å². The van der Waals surface area contributed by atoms with Gasteiger partial charge in [0.15, 0.2) is 6.54 Å². The Labute approximate surface area is 123 Å². The fourth-order valence-corrected chi connectivity index (χ4v) is 2.41. The van der Waals surface area contributed by atoms with Crippen LogP contribution in [0.2, 0.25) is 5.15 Å². The molecule has 0 bridgehead atoms. The molecule has 1 atom stereocenters. The van der Waals surface area contributed by atoms with Crippen molar-refractivity contribution in [2.45, 2.75) is 26.4 Å². The van der Waals surface area contributed by atoms with E-state index in [9.17, 15) is 4.79 Å². The monoisotopic (exact) mass is 292 g/mol. The van der Waals surface area contributed by atoms with Crippen LogP contribution in [0, 0.1) is 0 Å². The largest absolute Gasteiger partial charge is 0.365 e. The number of carbonyl (C=O) groups is 1. The van der Waals surface area contributed by atoms with E-state index in [0.29, 0.717) is 18.2 Å². The van der Waals surface area contributed by atoms with E-state index in [2.05, 4.69) is 18.8 Å². The van der Waals surface area contributed by atoms with Crippen LogP contribution < -0.4 is 10.6 Å². The molecule has 1 amide bonds. The molecule has 5 heteroatoms. The third-order valence-electron chi connectivity index (χ3n) is 3.39. The van der Waals surface area contributed by atoms with E-state index in [1.54, 1.807) is 0 Å². The first-order valence-electron chi connectivity index (χ1n) is 6.64. The average Bonchev–Trinajstić information content (AvgIpc) is 2.38. The van der Waals surface area contributed by atoms with Crippen molar-refractivity contribution < 1.29 is 9.69 Å². The van der Waals surface area contributed by atoms with Gasteiger partial charge in [-0.2, -0.15) is 0 Å². The Balaban J connectivity index is 2.31. The van der Waals surface area contributed by atoms with Crippen LogP contribution in [0.5, 0.6) is 0 Å². The molecule has 1 aromatic heterocycles. The van der Waals surface area contributed by atoms with Gasteiger partial charge >= 0.3 is 0 Å².